The quantitative estimate of drug-likeness (QED) is 0.724. The molecule has 1 atom stereocenters. The van der Waals surface area contributed by atoms with E-state index in [4.69, 9.17) is 0 Å². The van der Waals surface area contributed by atoms with Crippen molar-refractivity contribution in [2.75, 3.05) is 0 Å². The number of rotatable bonds is 8. The van der Waals surface area contributed by atoms with Gasteiger partial charge in [-0.05, 0) is 54.8 Å². The average molecular weight is 330 g/mol. The number of hydrogen-bond acceptors (Lipinski definition) is 4. The molecular formula is C18H22N2O2S. The molecule has 4 nitrogen and oxygen atoms in total. The highest BCUT2D eigenvalue weighted by molar-refractivity contribution is 8.00. The zero-order valence-electron chi connectivity index (χ0n) is 13.2. The predicted octanol–water partition coefficient (Wildman–Crippen LogP) is 3.75. The summed E-state index contributed by atoms with van der Waals surface area (Å²) in [6, 6.07) is 11.0. The molecule has 2 rings (SSSR count). The Kier molecular flexibility index (Phi) is 6.94. The largest absolute Gasteiger partial charge is 0.508 e. The van der Waals surface area contributed by atoms with Crippen LogP contribution >= 0.6 is 11.8 Å². The molecule has 0 saturated carbocycles. The van der Waals surface area contributed by atoms with Gasteiger partial charge in [0, 0.05) is 35.5 Å². The second kappa shape index (κ2) is 9.20. The molecule has 23 heavy (non-hydrogen) atoms. The minimum atomic E-state index is 0.0755. The molecule has 1 aromatic carbocycles. The summed E-state index contributed by atoms with van der Waals surface area (Å²) in [5.74, 6) is 0.351. The van der Waals surface area contributed by atoms with E-state index in [0.717, 1.165) is 23.3 Å². The predicted molar refractivity (Wildman–Crippen MR) is 93.4 cm³/mol. The van der Waals surface area contributed by atoms with Crippen molar-refractivity contribution in [2.45, 2.75) is 42.9 Å². The molecule has 0 aliphatic carbocycles. The van der Waals surface area contributed by atoms with Crippen LogP contribution in [0.2, 0.25) is 0 Å². The number of thioether (sulfide) groups is 1. The second-order valence-electron chi connectivity index (χ2n) is 5.31. The third kappa shape index (κ3) is 6.32. The van der Waals surface area contributed by atoms with Crippen LogP contribution in [0, 0.1) is 0 Å². The van der Waals surface area contributed by atoms with Gasteiger partial charge in [0.1, 0.15) is 5.75 Å². The highest BCUT2D eigenvalue weighted by Crippen LogP contribution is 2.29. The minimum Gasteiger partial charge on any atom is -0.508 e. The molecule has 0 radical (unpaired) electrons. The van der Waals surface area contributed by atoms with Crippen LogP contribution in [0.3, 0.4) is 0 Å². The summed E-state index contributed by atoms with van der Waals surface area (Å²) in [7, 11) is 0. The Bertz CT molecular complexity index is 602. The van der Waals surface area contributed by atoms with Gasteiger partial charge in [-0.1, -0.05) is 6.92 Å². The zero-order valence-corrected chi connectivity index (χ0v) is 14.1. The Hall–Kier alpha value is -2.01. The van der Waals surface area contributed by atoms with E-state index in [2.05, 4.69) is 17.2 Å². The standard InChI is InChI=1S/C18H22N2O2S/c1-2-16(23-17-5-3-15(21)4-6-17)7-8-18(22)20-13-14-9-11-19-12-10-14/h3-6,9-12,16,21H,2,7-8,13H2,1H3,(H,20,22). The number of nitrogens with zero attached hydrogens (tertiary/aromatic N) is 1. The number of benzene rings is 1. The Morgan fingerprint density at radius 3 is 2.57 bits per heavy atom. The zero-order chi connectivity index (χ0) is 16.5. The first kappa shape index (κ1) is 17.3. The van der Waals surface area contributed by atoms with E-state index in [1.807, 2.05) is 24.3 Å². The monoisotopic (exact) mass is 330 g/mol. The lowest BCUT2D eigenvalue weighted by molar-refractivity contribution is -0.121. The molecular weight excluding hydrogens is 308 g/mol. The Morgan fingerprint density at radius 1 is 1.22 bits per heavy atom. The van der Waals surface area contributed by atoms with Crippen LogP contribution in [-0.4, -0.2) is 21.2 Å². The van der Waals surface area contributed by atoms with E-state index in [1.54, 1.807) is 36.3 Å². The number of nitrogens with one attached hydrogen (secondary N) is 1. The minimum absolute atomic E-state index is 0.0755. The maximum absolute atomic E-state index is 12.0. The van der Waals surface area contributed by atoms with Crippen LogP contribution in [0.5, 0.6) is 5.75 Å². The number of aromatic hydroxyl groups is 1. The lowest BCUT2D eigenvalue weighted by atomic mass is 10.2. The molecule has 1 heterocycles. The maximum Gasteiger partial charge on any atom is 0.220 e. The number of amides is 1. The molecule has 2 N–H and O–H groups in total. The van der Waals surface area contributed by atoms with Crippen molar-refractivity contribution in [3.05, 3.63) is 54.4 Å². The summed E-state index contributed by atoms with van der Waals surface area (Å²) in [5, 5.41) is 12.6. The van der Waals surface area contributed by atoms with E-state index >= 15 is 0 Å². The van der Waals surface area contributed by atoms with Gasteiger partial charge in [0.2, 0.25) is 5.91 Å². The molecule has 122 valence electrons. The molecule has 0 saturated heterocycles. The summed E-state index contributed by atoms with van der Waals surface area (Å²) in [6.45, 7) is 2.68. The number of carbonyl (C=O) groups excluding carboxylic acids is 1. The molecule has 2 aromatic rings. The summed E-state index contributed by atoms with van der Waals surface area (Å²) in [5.41, 5.74) is 1.05. The van der Waals surface area contributed by atoms with Crippen LogP contribution in [0.25, 0.3) is 0 Å². The van der Waals surface area contributed by atoms with Crippen molar-refractivity contribution in [1.29, 1.82) is 0 Å². The van der Waals surface area contributed by atoms with Gasteiger partial charge in [-0.25, -0.2) is 0 Å². The molecule has 0 spiro atoms. The molecule has 0 fully saturated rings. The first-order chi connectivity index (χ1) is 11.2. The van der Waals surface area contributed by atoms with Gasteiger partial charge in [0.15, 0.2) is 0 Å². The Morgan fingerprint density at radius 2 is 1.91 bits per heavy atom. The van der Waals surface area contributed by atoms with E-state index < -0.39 is 0 Å². The lowest BCUT2D eigenvalue weighted by Gasteiger charge is -2.14. The van der Waals surface area contributed by atoms with Crippen LogP contribution in [-0.2, 0) is 11.3 Å². The first-order valence-corrected chi connectivity index (χ1v) is 8.66. The van der Waals surface area contributed by atoms with Crippen LogP contribution < -0.4 is 5.32 Å². The highest BCUT2D eigenvalue weighted by Gasteiger charge is 2.11. The molecule has 1 aromatic heterocycles. The van der Waals surface area contributed by atoms with E-state index in [-0.39, 0.29) is 11.7 Å². The number of phenols is 1. The third-order valence-electron chi connectivity index (χ3n) is 3.53. The highest BCUT2D eigenvalue weighted by atomic mass is 32.2. The fourth-order valence-corrected chi connectivity index (χ4v) is 3.23. The fraction of sp³-hybridized carbons (Fsp3) is 0.333. The molecule has 1 unspecified atom stereocenters. The number of carbonyl (C=O) groups is 1. The van der Waals surface area contributed by atoms with Gasteiger partial charge in [0.05, 0.1) is 0 Å². The summed E-state index contributed by atoms with van der Waals surface area (Å²) in [6.07, 6.45) is 5.81. The average Bonchev–Trinajstić information content (AvgIpc) is 2.59. The summed E-state index contributed by atoms with van der Waals surface area (Å²) in [4.78, 5) is 17.0. The van der Waals surface area contributed by atoms with Gasteiger partial charge in [-0.2, -0.15) is 0 Å². The van der Waals surface area contributed by atoms with Crippen molar-refractivity contribution in [2.24, 2.45) is 0 Å². The smallest absolute Gasteiger partial charge is 0.220 e. The van der Waals surface area contributed by atoms with Crippen molar-refractivity contribution in [3.63, 3.8) is 0 Å². The van der Waals surface area contributed by atoms with Crippen LogP contribution in [0.1, 0.15) is 31.7 Å². The second-order valence-corrected chi connectivity index (χ2v) is 6.69. The third-order valence-corrected chi connectivity index (χ3v) is 4.97. The van der Waals surface area contributed by atoms with E-state index in [9.17, 15) is 9.90 Å². The molecule has 5 heteroatoms. The van der Waals surface area contributed by atoms with Gasteiger partial charge in [0.25, 0.3) is 0 Å². The maximum atomic E-state index is 12.0. The van der Waals surface area contributed by atoms with Gasteiger partial charge in [-0.3, -0.25) is 9.78 Å². The van der Waals surface area contributed by atoms with Crippen molar-refractivity contribution in [1.82, 2.24) is 10.3 Å². The Labute approximate surface area is 141 Å². The fourth-order valence-electron chi connectivity index (χ4n) is 2.15. The number of hydrogen-bond donors (Lipinski definition) is 2. The molecule has 0 aliphatic rings. The topological polar surface area (TPSA) is 62.2 Å². The van der Waals surface area contributed by atoms with E-state index in [0.29, 0.717) is 18.2 Å². The normalized spacial score (nSPS) is 11.9. The molecule has 1 amide bonds. The van der Waals surface area contributed by atoms with Crippen molar-refractivity contribution >= 4 is 17.7 Å². The van der Waals surface area contributed by atoms with E-state index in [1.165, 1.54) is 0 Å². The van der Waals surface area contributed by atoms with Crippen LogP contribution in [0.4, 0.5) is 0 Å². The van der Waals surface area contributed by atoms with Gasteiger partial charge in [-0.15, -0.1) is 11.8 Å². The molecule has 0 aliphatic heterocycles. The molecule has 0 bridgehead atoms. The lowest BCUT2D eigenvalue weighted by Crippen LogP contribution is -2.23. The van der Waals surface area contributed by atoms with Crippen molar-refractivity contribution < 1.29 is 9.90 Å². The number of pyridine rings is 1. The first-order valence-electron chi connectivity index (χ1n) is 7.78. The van der Waals surface area contributed by atoms with Crippen molar-refractivity contribution in [3.8, 4) is 5.75 Å². The summed E-state index contributed by atoms with van der Waals surface area (Å²) >= 11 is 1.75. The number of phenolic OH excluding ortho intramolecular Hbond substituents is 1. The summed E-state index contributed by atoms with van der Waals surface area (Å²) < 4.78 is 0. The van der Waals surface area contributed by atoms with Crippen LogP contribution in [0.15, 0.2) is 53.7 Å². The Balaban J connectivity index is 1.74. The van der Waals surface area contributed by atoms with Gasteiger partial charge < -0.3 is 10.4 Å². The SMILES string of the molecule is CCC(CCC(=O)NCc1ccncc1)Sc1ccc(O)cc1. The number of aromatic nitrogens is 1. The van der Waals surface area contributed by atoms with Gasteiger partial charge >= 0.3 is 0 Å².